The summed E-state index contributed by atoms with van der Waals surface area (Å²) in [6.07, 6.45) is -0.346. The first kappa shape index (κ1) is 10.1. The van der Waals surface area contributed by atoms with Gasteiger partial charge in [-0.3, -0.25) is 4.68 Å². The Bertz CT molecular complexity index is 294. The summed E-state index contributed by atoms with van der Waals surface area (Å²) in [6, 6.07) is 1.64. The number of hydrogen-bond donors (Lipinski definition) is 1. The molecule has 0 saturated carbocycles. The van der Waals surface area contributed by atoms with Crippen LogP contribution in [0, 0.1) is 6.92 Å². The van der Waals surface area contributed by atoms with Gasteiger partial charge in [0.15, 0.2) is 0 Å². The molecule has 0 aliphatic heterocycles. The molecule has 0 saturated heterocycles. The van der Waals surface area contributed by atoms with Gasteiger partial charge in [0.25, 0.3) is 5.92 Å². The van der Waals surface area contributed by atoms with Gasteiger partial charge >= 0.3 is 0 Å². The Labute approximate surface area is 75.5 Å². The maximum Gasteiger partial charge on any atom is 0.265 e. The highest BCUT2D eigenvalue weighted by molar-refractivity contribution is 5.10. The molecule has 1 aromatic rings. The van der Waals surface area contributed by atoms with Crippen LogP contribution in [0.15, 0.2) is 6.07 Å². The third kappa shape index (κ3) is 2.48. The Morgan fingerprint density at radius 3 is 2.62 bits per heavy atom. The molecule has 1 aromatic heterocycles. The van der Waals surface area contributed by atoms with Crippen molar-refractivity contribution in [3.05, 3.63) is 17.5 Å². The van der Waals surface area contributed by atoms with Crippen molar-refractivity contribution in [1.82, 2.24) is 9.78 Å². The van der Waals surface area contributed by atoms with E-state index in [1.165, 1.54) is 4.68 Å². The Balaban J connectivity index is 2.79. The van der Waals surface area contributed by atoms with Crippen molar-refractivity contribution in [2.24, 2.45) is 12.8 Å². The average Bonchev–Trinajstić information content (AvgIpc) is 2.30. The summed E-state index contributed by atoms with van der Waals surface area (Å²) in [5, 5.41) is 3.97. The van der Waals surface area contributed by atoms with Crippen LogP contribution in [-0.2, 0) is 13.5 Å². The molecule has 0 aliphatic rings. The van der Waals surface area contributed by atoms with Gasteiger partial charge in [-0.2, -0.15) is 5.10 Å². The van der Waals surface area contributed by atoms with E-state index in [0.717, 1.165) is 5.69 Å². The van der Waals surface area contributed by atoms with Gasteiger partial charge in [-0.15, -0.1) is 0 Å². The highest BCUT2D eigenvalue weighted by Crippen LogP contribution is 2.18. The van der Waals surface area contributed by atoms with Crippen LogP contribution >= 0.6 is 0 Å². The van der Waals surface area contributed by atoms with Gasteiger partial charge in [-0.1, -0.05) is 0 Å². The highest BCUT2D eigenvalue weighted by atomic mass is 19.3. The number of rotatable bonds is 3. The van der Waals surface area contributed by atoms with Gasteiger partial charge in [-0.05, 0) is 13.0 Å². The SMILES string of the molecule is Cc1cc(CC(F)(F)CN)n(C)n1. The third-order valence-electron chi connectivity index (χ3n) is 1.84. The number of alkyl halides is 2. The van der Waals surface area contributed by atoms with Crippen LogP contribution in [0.4, 0.5) is 8.78 Å². The molecule has 0 unspecified atom stereocenters. The molecule has 0 radical (unpaired) electrons. The van der Waals surface area contributed by atoms with Crippen molar-refractivity contribution in [3.63, 3.8) is 0 Å². The van der Waals surface area contributed by atoms with E-state index in [-0.39, 0.29) is 6.42 Å². The molecule has 0 bridgehead atoms. The van der Waals surface area contributed by atoms with E-state index in [4.69, 9.17) is 5.73 Å². The monoisotopic (exact) mass is 189 g/mol. The van der Waals surface area contributed by atoms with Gasteiger partial charge < -0.3 is 5.73 Å². The number of aromatic nitrogens is 2. The molecule has 0 fully saturated rings. The van der Waals surface area contributed by atoms with E-state index in [1.54, 1.807) is 20.0 Å². The van der Waals surface area contributed by atoms with Crippen molar-refractivity contribution in [2.45, 2.75) is 19.3 Å². The fourth-order valence-corrected chi connectivity index (χ4v) is 1.17. The number of halogens is 2. The molecular formula is C8H13F2N3. The molecule has 0 amide bonds. The first-order valence-electron chi connectivity index (χ1n) is 4.02. The van der Waals surface area contributed by atoms with Gasteiger partial charge in [-0.25, -0.2) is 8.78 Å². The fraction of sp³-hybridized carbons (Fsp3) is 0.625. The molecule has 13 heavy (non-hydrogen) atoms. The van der Waals surface area contributed by atoms with E-state index in [2.05, 4.69) is 5.10 Å². The first-order chi connectivity index (χ1) is 5.94. The molecule has 0 atom stereocenters. The topological polar surface area (TPSA) is 43.8 Å². The lowest BCUT2D eigenvalue weighted by Gasteiger charge is -2.12. The molecule has 3 nitrogen and oxygen atoms in total. The number of nitrogens with zero attached hydrogens (tertiary/aromatic N) is 2. The quantitative estimate of drug-likeness (QED) is 0.766. The Hall–Kier alpha value is -0.970. The lowest BCUT2D eigenvalue weighted by atomic mass is 10.2. The summed E-state index contributed by atoms with van der Waals surface area (Å²) >= 11 is 0. The molecule has 1 heterocycles. The van der Waals surface area contributed by atoms with Crippen molar-refractivity contribution >= 4 is 0 Å². The summed E-state index contributed by atoms with van der Waals surface area (Å²) < 4.78 is 27.2. The van der Waals surface area contributed by atoms with Crippen LogP contribution in [0.2, 0.25) is 0 Å². The summed E-state index contributed by atoms with van der Waals surface area (Å²) in [6.45, 7) is 1.14. The van der Waals surface area contributed by atoms with Crippen LogP contribution < -0.4 is 5.73 Å². The lowest BCUT2D eigenvalue weighted by Crippen LogP contribution is -2.30. The zero-order valence-corrected chi connectivity index (χ0v) is 7.72. The van der Waals surface area contributed by atoms with Crippen molar-refractivity contribution < 1.29 is 8.78 Å². The summed E-state index contributed by atoms with van der Waals surface area (Å²) in [5.41, 5.74) is 6.18. The second-order valence-corrected chi connectivity index (χ2v) is 3.14. The second-order valence-electron chi connectivity index (χ2n) is 3.14. The molecule has 2 N–H and O–H groups in total. The van der Waals surface area contributed by atoms with E-state index >= 15 is 0 Å². The van der Waals surface area contributed by atoms with Gasteiger partial charge in [0, 0.05) is 12.7 Å². The van der Waals surface area contributed by atoms with Gasteiger partial charge in [0.2, 0.25) is 0 Å². The average molecular weight is 189 g/mol. The Morgan fingerprint density at radius 2 is 2.23 bits per heavy atom. The van der Waals surface area contributed by atoms with Crippen molar-refractivity contribution in [3.8, 4) is 0 Å². The molecule has 1 rings (SSSR count). The maximum atomic E-state index is 12.9. The minimum absolute atomic E-state index is 0.346. The van der Waals surface area contributed by atoms with E-state index < -0.39 is 12.5 Å². The smallest absolute Gasteiger partial charge is 0.265 e. The number of aryl methyl sites for hydroxylation is 2. The van der Waals surface area contributed by atoms with Crippen LogP contribution in [0.1, 0.15) is 11.4 Å². The van der Waals surface area contributed by atoms with Crippen molar-refractivity contribution in [1.29, 1.82) is 0 Å². The molecule has 5 heteroatoms. The second kappa shape index (κ2) is 3.41. The standard InChI is InChI=1S/C8H13F2N3/c1-6-3-7(13(2)12-6)4-8(9,10)5-11/h3H,4-5,11H2,1-2H3. The molecule has 74 valence electrons. The van der Waals surface area contributed by atoms with Gasteiger partial charge in [0.1, 0.15) is 0 Å². The van der Waals surface area contributed by atoms with E-state index in [1.807, 2.05) is 0 Å². The summed E-state index contributed by atoms with van der Waals surface area (Å²) in [7, 11) is 1.65. The highest BCUT2D eigenvalue weighted by Gasteiger charge is 2.28. The lowest BCUT2D eigenvalue weighted by molar-refractivity contribution is 0.00969. The predicted molar refractivity (Wildman–Crippen MR) is 45.7 cm³/mol. The molecular weight excluding hydrogens is 176 g/mol. The zero-order chi connectivity index (χ0) is 10.1. The molecule has 0 aromatic carbocycles. The minimum atomic E-state index is -2.83. The largest absolute Gasteiger partial charge is 0.325 e. The zero-order valence-electron chi connectivity index (χ0n) is 7.72. The van der Waals surface area contributed by atoms with E-state index in [9.17, 15) is 8.78 Å². The van der Waals surface area contributed by atoms with Gasteiger partial charge in [0.05, 0.1) is 18.7 Å². The molecule has 0 aliphatic carbocycles. The van der Waals surface area contributed by atoms with Crippen molar-refractivity contribution in [2.75, 3.05) is 6.54 Å². The first-order valence-corrected chi connectivity index (χ1v) is 4.02. The normalized spacial score (nSPS) is 12.1. The minimum Gasteiger partial charge on any atom is -0.325 e. The van der Waals surface area contributed by atoms with Crippen LogP contribution in [0.3, 0.4) is 0 Å². The number of nitrogens with two attached hydrogens (primary N) is 1. The predicted octanol–water partition coefficient (Wildman–Crippen LogP) is 0.865. The third-order valence-corrected chi connectivity index (χ3v) is 1.84. The Kier molecular flexibility index (Phi) is 2.66. The van der Waals surface area contributed by atoms with Crippen LogP contribution in [0.5, 0.6) is 0 Å². The van der Waals surface area contributed by atoms with Crippen LogP contribution in [-0.4, -0.2) is 22.2 Å². The Morgan fingerprint density at radius 1 is 1.62 bits per heavy atom. The maximum absolute atomic E-state index is 12.9. The van der Waals surface area contributed by atoms with E-state index in [0.29, 0.717) is 5.69 Å². The van der Waals surface area contributed by atoms with Crippen LogP contribution in [0.25, 0.3) is 0 Å². The molecule has 0 spiro atoms. The summed E-state index contributed by atoms with van der Waals surface area (Å²) in [5.74, 6) is -2.83. The number of hydrogen-bond acceptors (Lipinski definition) is 2. The fourth-order valence-electron chi connectivity index (χ4n) is 1.17. The summed E-state index contributed by atoms with van der Waals surface area (Å²) in [4.78, 5) is 0.